The quantitative estimate of drug-likeness (QED) is 0.629. The van der Waals surface area contributed by atoms with Crippen LogP contribution in [0.1, 0.15) is 18.9 Å². The zero-order valence-electron chi connectivity index (χ0n) is 12.5. The van der Waals surface area contributed by atoms with Crippen LogP contribution in [-0.4, -0.2) is 16.3 Å². The predicted molar refractivity (Wildman–Crippen MR) is 93.0 cm³/mol. The molecule has 0 saturated carbocycles. The van der Waals surface area contributed by atoms with Gasteiger partial charge in [0, 0.05) is 15.7 Å². The van der Waals surface area contributed by atoms with Crippen molar-refractivity contribution < 1.29 is 4.74 Å². The van der Waals surface area contributed by atoms with Crippen LogP contribution in [0, 0.1) is 0 Å². The van der Waals surface area contributed by atoms with Gasteiger partial charge >= 0.3 is 0 Å². The second-order valence-corrected chi connectivity index (χ2v) is 6.50. The van der Waals surface area contributed by atoms with Gasteiger partial charge in [0.1, 0.15) is 18.7 Å². The van der Waals surface area contributed by atoms with Crippen molar-refractivity contribution in [2.45, 2.75) is 19.7 Å². The highest BCUT2D eigenvalue weighted by molar-refractivity contribution is 6.31. The molecule has 0 saturated heterocycles. The number of anilines is 1. The van der Waals surface area contributed by atoms with Gasteiger partial charge in [0.15, 0.2) is 0 Å². The Hall–Kier alpha value is -1.75. The van der Waals surface area contributed by atoms with Crippen LogP contribution >= 0.6 is 23.2 Å². The van der Waals surface area contributed by atoms with Gasteiger partial charge in [-0.25, -0.2) is 4.98 Å². The van der Waals surface area contributed by atoms with E-state index in [2.05, 4.69) is 9.47 Å². The highest BCUT2D eigenvalue weighted by Gasteiger charge is 2.23. The molecule has 1 aliphatic heterocycles. The largest absolute Gasteiger partial charge is 0.350 e. The molecule has 0 spiro atoms. The molecule has 1 aromatic heterocycles. The highest BCUT2D eigenvalue weighted by Crippen LogP contribution is 2.30. The van der Waals surface area contributed by atoms with Crippen molar-refractivity contribution in [3.05, 3.63) is 58.3 Å². The summed E-state index contributed by atoms with van der Waals surface area (Å²) in [6.07, 6.45) is -0.0847. The summed E-state index contributed by atoms with van der Waals surface area (Å²) in [7, 11) is 0. The second-order valence-electron chi connectivity index (χ2n) is 5.63. The summed E-state index contributed by atoms with van der Waals surface area (Å²) in [6, 6.07) is 13.5. The molecule has 6 heteroatoms. The van der Waals surface area contributed by atoms with E-state index < -0.39 is 0 Å². The molecule has 0 radical (unpaired) electrons. The first-order chi connectivity index (χ1) is 11.1. The number of nitrogens with zero attached hydrogens (tertiary/aromatic N) is 3. The molecular weight excluding hydrogens is 333 g/mol. The van der Waals surface area contributed by atoms with Crippen molar-refractivity contribution in [1.82, 2.24) is 9.55 Å². The van der Waals surface area contributed by atoms with Crippen molar-refractivity contribution in [3.8, 4) is 0 Å². The fourth-order valence-corrected chi connectivity index (χ4v) is 3.16. The SMILES string of the molecule is C[C@@H]1OCN(c2ccc(Cl)cc2)Cn2c1nc1ccc(Cl)cc12. The summed E-state index contributed by atoms with van der Waals surface area (Å²) in [5.74, 6) is 0.915. The normalized spacial score (nSPS) is 18.0. The van der Waals surface area contributed by atoms with Gasteiger partial charge in [-0.3, -0.25) is 0 Å². The van der Waals surface area contributed by atoms with Crippen LogP contribution < -0.4 is 4.90 Å². The summed E-state index contributed by atoms with van der Waals surface area (Å²) in [4.78, 5) is 6.85. The maximum atomic E-state index is 6.17. The second kappa shape index (κ2) is 5.71. The monoisotopic (exact) mass is 347 g/mol. The zero-order valence-corrected chi connectivity index (χ0v) is 14.1. The van der Waals surface area contributed by atoms with E-state index in [1.807, 2.05) is 49.4 Å². The molecule has 4 nitrogen and oxygen atoms in total. The Labute approximate surface area is 144 Å². The third kappa shape index (κ3) is 2.67. The van der Waals surface area contributed by atoms with Crippen molar-refractivity contribution in [3.63, 3.8) is 0 Å². The van der Waals surface area contributed by atoms with E-state index in [0.717, 1.165) is 27.6 Å². The first-order valence-corrected chi connectivity index (χ1v) is 8.15. The van der Waals surface area contributed by atoms with Gasteiger partial charge in [-0.1, -0.05) is 23.2 Å². The molecular formula is C17H15Cl2N3O. The molecule has 0 fully saturated rings. The Kier molecular flexibility index (Phi) is 3.68. The number of aromatic nitrogens is 2. The average Bonchev–Trinajstić information content (AvgIpc) is 2.81. The molecule has 118 valence electrons. The van der Waals surface area contributed by atoms with Crippen LogP contribution in [0.3, 0.4) is 0 Å². The van der Waals surface area contributed by atoms with Gasteiger partial charge in [0.25, 0.3) is 0 Å². The number of benzene rings is 2. The third-order valence-electron chi connectivity index (χ3n) is 4.09. The van der Waals surface area contributed by atoms with Crippen LogP contribution in [0.25, 0.3) is 11.0 Å². The molecule has 0 amide bonds. The number of ether oxygens (including phenoxy) is 1. The standard InChI is InChI=1S/C17H15Cl2N3O/c1-11-17-20-15-7-4-13(19)8-16(15)22(17)9-21(10-23-11)14-5-2-12(18)3-6-14/h2-8,11H,9-10H2,1H3/t11-/m0/s1. The van der Waals surface area contributed by atoms with Crippen LogP contribution in [0.5, 0.6) is 0 Å². The lowest BCUT2D eigenvalue weighted by Gasteiger charge is -2.23. The number of hydrogen-bond donors (Lipinski definition) is 0. The Balaban J connectivity index is 1.80. The smallest absolute Gasteiger partial charge is 0.140 e. The maximum Gasteiger partial charge on any atom is 0.140 e. The van der Waals surface area contributed by atoms with E-state index >= 15 is 0 Å². The molecule has 2 heterocycles. The summed E-state index contributed by atoms with van der Waals surface area (Å²) in [5, 5.41) is 1.43. The van der Waals surface area contributed by atoms with Crippen LogP contribution in [0.4, 0.5) is 5.69 Å². The summed E-state index contributed by atoms with van der Waals surface area (Å²) >= 11 is 12.2. The molecule has 4 rings (SSSR count). The zero-order chi connectivity index (χ0) is 16.0. The summed E-state index contributed by atoms with van der Waals surface area (Å²) in [5.41, 5.74) is 3.00. The van der Waals surface area contributed by atoms with Crippen LogP contribution in [0.15, 0.2) is 42.5 Å². The third-order valence-corrected chi connectivity index (χ3v) is 4.57. The predicted octanol–water partition coefficient (Wildman–Crippen LogP) is 4.86. The number of hydrogen-bond acceptors (Lipinski definition) is 3. The van der Waals surface area contributed by atoms with Crippen molar-refractivity contribution in [2.24, 2.45) is 0 Å². The Morgan fingerprint density at radius 1 is 1.09 bits per heavy atom. The number of imidazole rings is 1. The summed E-state index contributed by atoms with van der Waals surface area (Å²) < 4.78 is 8.12. The molecule has 3 aromatic rings. The van der Waals surface area contributed by atoms with Crippen molar-refractivity contribution >= 4 is 39.9 Å². The molecule has 0 bridgehead atoms. The number of rotatable bonds is 1. The van der Waals surface area contributed by atoms with Crippen molar-refractivity contribution in [2.75, 3.05) is 11.6 Å². The van der Waals surface area contributed by atoms with Crippen LogP contribution in [-0.2, 0) is 11.4 Å². The first kappa shape index (κ1) is 14.8. The fraction of sp³-hybridized carbons (Fsp3) is 0.235. The number of halogens is 2. The van der Waals surface area contributed by atoms with Crippen molar-refractivity contribution in [1.29, 1.82) is 0 Å². The Bertz CT molecular complexity index is 860. The molecule has 1 aliphatic rings. The van der Waals surface area contributed by atoms with Gasteiger partial charge in [-0.05, 0) is 49.4 Å². The average molecular weight is 348 g/mol. The van der Waals surface area contributed by atoms with Gasteiger partial charge < -0.3 is 14.2 Å². The fourth-order valence-electron chi connectivity index (χ4n) is 2.87. The van der Waals surface area contributed by atoms with E-state index in [9.17, 15) is 0 Å². The number of fused-ring (bicyclic) bond motifs is 3. The Morgan fingerprint density at radius 2 is 1.83 bits per heavy atom. The molecule has 0 N–H and O–H groups in total. The minimum atomic E-state index is -0.0847. The molecule has 1 atom stereocenters. The van der Waals surface area contributed by atoms with Gasteiger partial charge in [0.05, 0.1) is 17.7 Å². The van der Waals surface area contributed by atoms with Gasteiger partial charge in [-0.15, -0.1) is 0 Å². The van der Waals surface area contributed by atoms with Gasteiger partial charge in [-0.2, -0.15) is 0 Å². The van der Waals surface area contributed by atoms with E-state index in [-0.39, 0.29) is 6.10 Å². The lowest BCUT2D eigenvalue weighted by Crippen LogP contribution is -2.26. The van der Waals surface area contributed by atoms with E-state index in [4.69, 9.17) is 32.9 Å². The minimum absolute atomic E-state index is 0.0847. The first-order valence-electron chi connectivity index (χ1n) is 7.39. The molecule has 23 heavy (non-hydrogen) atoms. The van der Waals surface area contributed by atoms with Crippen LogP contribution in [0.2, 0.25) is 10.0 Å². The minimum Gasteiger partial charge on any atom is -0.350 e. The maximum absolute atomic E-state index is 6.17. The molecule has 0 aliphatic carbocycles. The lowest BCUT2D eigenvalue weighted by atomic mass is 10.3. The highest BCUT2D eigenvalue weighted by atomic mass is 35.5. The Morgan fingerprint density at radius 3 is 2.61 bits per heavy atom. The molecule has 0 unspecified atom stereocenters. The van der Waals surface area contributed by atoms with Gasteiger partial charge in [0.2, 0.25) is 0 Å². The van der Waals surface area contributed by atoms with E-state index in [1.54, 1.807) is 0 Å². The summed E-state index contributed by atoms with van der Waals surface area (Å²) in [6.45, 7) is 3.16. The van der Waals surface area contributed by atoms with E-state index in [0.29, 0.717) is 18.4 Å². The topological polar surface area (TPSA) is 30.3 Å². The van der Waals surface area contributed by atoms with E-state index in [1.165, 1.54) is 0 Å². The lowest BCUT2D eigenvalue weighted by molar-refractivity contribution is 0.0678. The molecule has 2 aromatic carbocycles.